The molecule has 1 atom stereocenters. The molecule has 0 aliphatic heterocycles. The molecule has 6 heteroatoms. The van der Waals surface area contributed by atoms with E-state index in [2.05, 4.69) is 15.5 Å². The van der Waals surface area contributed by atoms with E-state index in [1.54, 1.807) is 14.2 Å². The van der Waals surface area contributed by atoms with Gasteiger partial charge in [0.2, 0.25) is 0 Å². The number of amides is 2. The fourth-order valence-corrected chi connectivity index (χ4v) is 2.64. The van der Waals surface area contributed by atoms with Gasteiger partial charge in [0.15, 0.2) is 0 Å². The van der Waals surface area contributed by atoms with Gasteiger partial charge in [-0.05, 0) is 49.5 Å². The predicted molar refractivity (Wildman–Crippen MR) is 103 cm³/mol. The second-order valence-corrected chi connectivity index (χ2v) is 6.17. The Morgan fingerprint density at radius 3 is 2.31 bits per heavy atom. The third kappa shape index (κ3) is 5.67. The zero-order valence-electron chi connectivity index (χ0n) is 15.8. The topological polar surface area (TPSA) is 62.8 Å². The quantitative estimate of drug-likeness (QED) is 0.763. The number of nitrogens with one attached hydrogen (secondary N) is 2. The molecule has 26 heavy (non-hydrogen) atoms. The molecule has 0 aliphatic rings. The van der Waals surface area contributed by atoms with Crippen LogP contribution in [0.4, 0.5) is 4.79 Å². The molecule has 2 aromatic rings. The molecule has 0 aromatic heterocycles. The average Bonchev–Trinajstić information content (AvgIpc) is 2.67. The molecule has 140 valence electrons. The van der Waals surface area contributed by atoms with Crippen LogP contribution in [0.15, 0.2) is 48.5 Å². The van der Waals surface area contributed by atoms with Crippen LogP contribution in [0.1, 0.15) is 17.2 Å². The molecule has 0 bridgehead atoms. The van der Waals surface area contributed by atoms with Crippen LogP contribution in [-0.2, 0) is 6.54 Å². The molecule has 2 aromatic carbocycles. The van der Waals surface area contributed by atoms with Crippen molar-refractivity contribution < 1.29 is 14.3 Å². The summed E-state index contributed by atoms with van der Waals surface area (Å²) in [6.45, 7) is 0.946. The van der Waals surface area contributed by atoms with Crippen LogP contribution in [0.25, 0.3) is 0 Å². The first-order chi connectivity index (χ1) is 12.5. The smallest absolute Gasteiger partial charge is 0.315 e. The lowest BCUT2D eigenvalue weighted by Crippen LogP contribution is -2.40. The second kappa shape index (κ2) is 9.68. The number of hydrogen-bond donors (Lipinski definition) is 2. The van der Waals surface area contributed by atoms with Crippen molar-refractivity contribution in [2.45, 2.75) is 12.6 Å². The van der Waals surface area contributed by atoms with Gasteiger partial charge in [-0.25, -0.2) is 4.79 Å². The van der Waals surface area contributed by atoms with Crippen molar-refractivity contribution in [1.82, 2.24) is 15.5 Å². The van der Waals surface area contributed by atoms with Crippen molar-refractivity contribution in [3.05, 3.63) is 59.7 Å². The molecule has 6 nitrogen and oxygen atoms in total. The number of likely N-dealkylation sites (N-methyl/N-ethyl adjacent to an activating group) is 1. The third-order valence-electron chi connectivity index (χ3n) is 4.17. The van der Waals surface area contributed by atoms with Gasteiger partial charge in [0.25, 0.3) is 0 Å². The minimum Gasteiger partial charge on any atom is -0.497 e. The van der Waals surface area contributed by atoms with Crippen LogP contribution in [-0.4, -0.2) is 45.8 Å². The van der Waals surface area contributed by atoms with Crippen LogP contribution in [0, 0.1) is 0 Å². The van der Waals surface area contributed by atoms with E-state index < -0.39 is 0 Å². The summed E-state index contributed by atoms with van der Waals surface area (Å²) in [6.07, 6.45) is 0. The first-order valence-corrected chi connectivity index (χ1v) is 8.48. The maximum atomic E-state index is 12.1. The molecule has 2 rings (SSSR count). The molecule has 2 N–H and O–H groups in total. The lowest BCUT2D eigenvalue weighted by Gasteiger charge is -2.25. The van der Waals surface area contributed by atoms with E-state index in [1.165, 1.54) is 0 Å². The van der Waals surface area contributed by atoms with Crippen LogP contribution >= 0.6 is 0 Å². The summed E-state index contributed by atoms with van der Waals surface area (Å²) in [6, 6.07) is 15.4. The molecule has 0 saturated carbocycles. The van der Waals surface area contributed by atoms with E-state index >= 15 is 0 Å². The van der Waals surface area contributed by atoms with E-state index in [4.69, 9.17) is 9.47 Å². The number of benzene rings is 2. The van der Waals surface area contributed by atoms with Gasteiger partial charge in [-0.3, -0.25) is 0 Å². The molecule has 2 amide bonds. The molecule has 0 heterocycles. The van der Waals surface area contributed by atoms with Crippen molar-refractivity contribution >= 4 is 6.03 Å². The summed E-state index contributed by atoms with van der Waals surface area (Å²) in [4.78, 5) is 14.2. The highest BCUT2D eigenvalue weighted by molar-refractivity contribution is 5.73. The van der Waals surface area contributed by atoms with Gasteiger partial charge in [0, 0.05) is 13.1 Å². The van der Waals surface area contributed by atoms with E-state index in [0.29, 0.717) is 13.1 Å². The standard InChI is InChI=1S/C20H27N3O3/c1-23(2)19(16-8-10-17(25-3)11-9-16)14-22-20(24)21-13-15-6-5-7-18(12-15)26-4/h5-12,19H,13-14H2,1-4H3,(H2,21,22,24). The van der Waals surface area contributed by atoms with Crippen LogP contribution in [0.3, 0.4) is 0 Å². The van der Waals surface area contributed by atoms with Crippen molar-refractivity contribution in [2.24, 2.45) is 0 Å². The fraction of sp³-hybridized carbons (Fsp3) is 0.350. The van der Waals surface area contributed by atoms with E-state index in [1.807, 2.05) is 62.6 Å². The minimum atomic E-state index is -0.201. The van der Waals surface area contributed by atoms with Crippen molar-refractivity contribution in [1.29, 1.82) is 0 Å². The molecule has 1 unspecified atom stereocenters. The van der Waals surface area contributed by atoms with Gasteiger partial charge in [-0.15, -0.1) is 0 Å². The Morgan fingerprint density at radius 2 is 1.69 bits per heavy atom. The molecule has 0 radical (unpaired) electrons. The molecule has 0 spiro atoms. The maximum absolute atomic E-state index is 12.1. The normalized spacial score (nSPS) is 11.7. The number of carbonyl (C=O) groups excluding carboxylic acids is 1. The Kier molecular flexibility index (Phi) is 7.29. The summed E-state index contributed by atoms with van der Waals surface area (Å²) in [5, 5.41) is 5.81. The van der Waals surface area contributed by atoms with Crippen molar-refractivity contribution in [3.8, 4) is 11.5 Å². The molecular formula is C20H27N3O3. The number of methoxy groups -OCH3 is 2. The Bertz CT molecular complexity index is 702. The van der Waals surface area contributed by atoms with E-state index in [-0.39, 0.29) is 12.1 Å². The summed E-state index contributed by atoms with van der Waals surface area (Å²) >= 11 is 0. The van der Waals surface area contributed by atoms with Gasteiger partial charge in [0.1, 0.15) is 11.5 Å². The van der Waals surface area contributed by atoms with Crippen molar-refractivity contribution in [2.75, 3.05) is 34.9 Å². The van der Waals surface area contributed by atoms with Crippen molar-refractivity contribution in [3.63, 3.8) is 0 Å². The van der Waals surface area contributed by atoms with Crippen LogP contribution in [0.2, 0.25) is 0 Å². The second-order valence-electron chi connectivity index (χ2n) is 6.17. The first kappa shape index (κ1) is 19.6. The monoisotopic (exact) mass is 357 g/mol. The van der Waals surface area contributed by atoms with Gasteiger partial charge < -0.3 is 25.0 Å². The van der Waals surface area contributed by atoms with Crippen LogP contribution < -0.4 is 20.1 Å². The minimum absolute atomic E-state index is 0.0727. The van der Waals surface area contributed by atoms with Crippen LogP contribution in [0.5, 0.6) is 11.5 Å². The van der Waals surface area contributed by atoms with Gasteiger partial charge in [0.05, 0.1) is 20.3 Å². The lowest BCUT2D eigenvalue weighted by molar-refractivity contribution is 0.232. The number of urea groups is 1. The zero-order valence-corrected chi connectivity index (χ0v) is 15.8. The molecular weight excluding hydrogens is 330 g/mol. The molecule has 0 aliphatic carbocycles. The van der Waals surface area contributed by atoms with E-state index in [0.717, 1.165) is 22.6 Å². The number of hydrogen-bond acceptors (Lipinski definition) is 4. The van der Waals surface area contributed by atoms with Gasteiger partial charge in [-0.1, -0.05) is 24.3 Å². The summed E-state index contributed by atoms with van der Waals surface area (Å²) in [5.41, 5.74) is 2.10. The fourth-order valence-electron chi connectivity index (χ4n) is 2.64. The largest absolute Gasteiger partial charge is 0.497 e. The highest BCUT2D eigenvalue weighted by atomic mass is 16.5. The summed E-state index contributed by atoms with van der Waals surface area (Å²) < 4.78 is 10.4. The number of carbonyl (C=O) groups is 1. The third-order valence-corrected chi connectivity index (χ3v) is 4.17. The Labute approximate surface area is 155 Å². The van der Waals surface area contributed by atoms with Gasteiger partial charge in [-0.2, -0.15) is 0 Å². The summed E-state index contributed by atoms with van der Waals surface area (Å²) in [7, 11) is 7.25. The Hall–Kier alpha value is -2.73. The molecule has 0 saturated heterocycles. The number of ether oxygens (including phenoxy) is 2. The first-order valence-electron chi connectivity index (χ1n) is 8.48. The highest BCUT2D eigenvalue weighted by Gasteiger charge is 2.15. The SMILES string of the molecule is COc1ccc(C(CNC(=O)NCc2cccc(OC)c2)N(C)C)cc1. The predicted octanol–water partition coefficient (Wildman–Crippen LogP) is 2.81. The highest BCUT2D eigenvalue weighted by Crippen LogP contribution is 2.20. The average molecular weight is 357 g/mol. The summed E-state index contributed by atoms with van der Waals surface area (Å²) in [5.74, 6) is 1.59. The Balaban J connectivity index is 1.88. The number of nitrogens with zero attached hydrogens (tertiary/aromatic N) is 1. The Morgan fingerprint density at radius 1 is 1.00 bits per heavy atom. The maximum Gasteiger partial charge on any atom is 0.315 e. The van der Waals surface area contributed by atoms with E-state index in [9.17, 15) is 4.79 Å². The zero-order chi connectivity index (χ0) is 18.9. The molecule has 0 fully saturated rings. The lowest BCUT2D eigenvalue weighted by atomic mass is 10.1. The number of rotatable bonds is 8. The van der Waals surface area contributed by atoms with Gasteiger partial charge >= 0.3 is 6.03 Å².